The molecule has 22 heavy (non-hydrogen) atoms. The number of hydrogen-bond donors (Lipinski definition) is 0. The maximum Gasteiger partial charge on any atom is 0.194 e. The first kappa shape index (κ1) is 14.1. The standard InChI is InChI=1S/C19H26N3/c20-14-18-17-13-16(21-9-1-2-10-21)7-5-15(17)6-8-19(18)22-11-3-4-12-22/h13,15H,1-12H2/q+1. The molecule has 0 N–H and O–H groups in total. The summed E-state index contributed by atoms with van der Waals surface area (Å²) in [7, 11) is 0. The van der Waals surface area contributed by atoms with Gasteiger partial charge in [-0.1, -0.05) is 0 Å². The number of nitrogens with zero attached hydrogens (tertiary/aromatic N) is 3. The monoisotopic (exact) mass is 296 g/mol. The van der Waals surface area contributed by atoms with Crippen LogP contribution in [0.2, 0.25) is 0 Å². The quantitative estimate of drug-likeness (QED) is 0.695. The highest BCUT2D eigenvalue weighted by Gasteiger charge is 2.35. The molecule has 0 radical (unpaired) electrons. The lowest BCUT2D eigenvalue weighted by molar-refractivity contribution is -0.506. The van der Waals surface area contributed by atoms with Crippen LogP contribution in [-0.2, 0) is 0 Å². The fourth-order valence-electron chi connectivity index (χ4n) is 4.71. The molecule has 2 aliphatic heterocycles. The second-order valence-corrected chi connectivity index (χ2v) is 7.19. The van der Waals surface area contributed by atoms with Gasteiger partial charge in [-0.05, 0) is 49.7 Å². The number of hydrogen-bond acceptors (Lipinski definition) is 2. The fourth-order valence-corrected chi connectivity index (χ4v) is 4.71. The molecule has 0 amide bonds. The van der Waals surface area contributed by atoms with Crippen LogP contribution in [0.4, 0.5) is 0 Å². The van der Waals surface area contributed by atoms with Crippen LogP contribution in [0.15, 0.2) is 22.9 Å². The third-order valence-corrected chi connectivity index (χ3v) is 5.93. The lowest BCUT2D eigenvalue weighted by Crippen LogP contribution is -2.30. The van der Waals surface area contributed by atoms with E-state index in [0.717, 1.165) is 25.1 Å². The minimum atomic E-state index is 0.632. The van der Waals surface area contributed by atoms with Crippen LogP contribution in [0.25, 0.3) is 0 Å². The van der Waals surface area contributed by atoms with E-state index in [1.54, 1.807) is 0 Å². The summed E-state index contributed by atoms with van der Waals surface area (Å²) >= 11 is 0. The van der Waals surface area contributed by atoms with E-state index < -0.39 is 0 Å². The molecule has 116 valence electrons. The molecule has 0 aromatic heterocycles. The molecule has 0 bridgehead atoms. The Bertz CT molecular complexity index is 589. The van der Waals surface area contributed by atoms with Crippen molar-refractivity contribution in [1.82, 2.24) is 4.90 Å². The molecule has 4 rings (SSSR count). The largest absolute Gasteiger partial charge is 0.375 e. The van der Waals surface area contributed by atoms with Crippen molar-refractivity contribution < 1.29 is 4.58 Å². The summed E-state index contributed by atoms with van der Waals surface area (Å²) in [5.74, 6) is 0.632. The second-order valence-electron chi connectivity index (χ2n) is 7.19. The normalized spacial score (nSPS) is 28.8. The van der Waals surface area contributed by atoms with Crippen LogP contribution in [0.3, 0.4) is 0 Å². The van der Waals surface area contributed by atoms with Gasteiger partial charge in [0.15, 0.2) is 5.71 Å². The summed E-state index contributed by atoms with van der Waals surface area (Å²) in [4.78, 5) is 2.56. The Balaban J connectivity index is 1.74. The smallest absolute Gasteiger partial charge is 0.194 e. The zero-order valence-electron chi connectivity index (χ0n) is 13.5. The topological polar surface area (TPSA) is 30.0 Å². The van der Waals surface area contributed by atoms with E-state index in [2.05, 4.69) is 21.6 Å². The number of fused-ring (bicyclic) bond motifs is 1. The Kier molecular flexibility index (Phi) is 3.78. The zero-order valence-corrected chi connectivity index (χ0v) is 13.5. The molecule has 2 aliphatic carbocycles. The molecule has 1 unspecified atom stereocenters. The van der Waals surface area contributed by atoms with Gasteiger partial charge in [0, 0.05) is 38.0 Å². The molecule has 0 aromatic rings. The van der Waals surface area contributed by atoms with Gasteiger partial charge in [-0.15, -0.1) is 0 Å². The van der Waals surface area contributed by atoms with Gasteiger partial charge in [-0.2, -0.15) is 5.26 Å². The first-order valence-electron chi connectivity index (χ1n) is 9.08. The van der Waals surface area contributed by atoms with Crippen LogP contribution < -0.4 is 0 Å². The van der Waals surface area contributed by atoms with Crippen molar-refractivity contribution in [2.45, 2.75) is 51.4 Å². The predicted octanol–water partition coefficient (Wildman–Crippen LogP) is 3.24. The van der Waals surface area contributed by atoms with Gasteiger partial charge in [0.25, 0.3) is 0 Å². The van der Waals surface area contributed by atoms with E-state index in [1.807, 2.05) is 0 Å². The third-order valence-electron chi connectivity index (χ3n) is 5.93. The Morgan fingerprint density at radius 1 is 1.05 bits per heavy atom. The molecule has 3 nitrogen and oxygen atoms in total. The Morgan fingerprint density at radius 2 is 1.77 bits per heavy atom. The molecule has 0 spiro atoms. The van der Waals surface area contributed by atoms with Gasteiger partial charge in [0.1, 0.15) is 24.7 Å². The van der Waals surface area contributed by atoms with Crippen molar-refractivity contribution in [1.29, 1.82) is 5.26 Å². The molecular formula is C19H26N3+. The van der Waals surface area contributed by atoms with Crippen LogP contribution >= 0.6 is 0 Å². The first-order valence-corrected chi connectivity index (χ1v) is 9.08. The van der Waals surface area contributed by atoms with Crippen molar-refractivity contribution in [3.63, 3.8) is 0 Å². The lowest BCUT2D eigenvalue weighted by Gasteiger charge is -2.32. The van der Waals surface area contributed by atoms with Crippen molar-refractivity contribution in [3.05, 3.63) is 22.9 Å². The summed E-state index contributed by atoms with van der Waals surface area (Å²) in [5.41, 5.74) is 5.24. The molecule has 4 aliphatic rings. The van der Waals surface area contributed by atoms with Crippen molar-refractivity contribution >= 4 is 5.71 Å². The highest BCUT2D eigenvalue weighted by atomic mass is 15.1. The summed E-state index contributed by atoms with van der Waals surface area (Å²) < 4.78 is 2.49. The van der Waals surface area contributed by atoms with E-state index in [4.69, 9.17) is 0 Å². The van der Waals surface area contributed by atoms with E-state index in [-0.39, 0.29) is 0 Å². The average Bonchev–Trinajstić information content (AvgIpc) is 3.26. The van der Waals surface area contributed by atoms with Crippen LogP contribution in [0.1, 0.15) is 51.4 Å². The van der Waals surface area contributed by atoms with Crippen LogP contribution in [0.5, 0.6) is 0 Å². The lowest BCUT2D eigenvalue weighted by atomic mass is 9.76. The molecule has 2 fully saturated rings. The van der Waals surface area contributed by atoms with Gasteiger partial charge in [0.2, 0.25) is 0 Å². The van der Waals surface area contributed by atoms with E-state index in [1.165, 1.54) is 75.0 Å². The van der Waals surface area contributed by atoms with Gasteiger partial charge < -0.3 is 4.90 Å². The minimum absolute atomic E-state index is 0.632. The third kappa shape index (κ3) is 2.39. The summed E-state index contributed by atoms with van der Waals surface area (Å²) in [6.45, 7) is 4.74. The maximum atomic E-state index is 9.81. The van der Waals surface area contributed by atoms with Crippen molar-refractivity contribution in [3.8, 4) is 6.07 Å². The Hall–Kier alpha value is -1.56. The molecule has 3 heteroatoms. The second kappa shape index (κ2) is 5.91. The molecule has 2 heterocycles. The summed E-state index contributed by atoms with van der Waals surface area (Å²) in [6.07, 6.45) is 12.5. The molecule has 2 saturated heterocycles. The Labute approximate surface area is 133 Å². The molecule has 0 saturated carbocycles. The van der Waals surface area contributed by atoms with Gasteiger partial charge in [-0.25, -0.2) is 4.58 Å². The maximum absolute atomic E-state index is 9.81. The van der Waals surface area contributed by atoms with Crippen molar-refractivity contribution in [2.75, 3.05) is 26.2 Å². The molecule has 0 aromatic carbocycles. The number of nitriles is 1. The van der Waals surface area contributed by atoms with Crippen LogP contribution in [-0.4, -0.2) is 41.4 Å². The molecule has 1 atom stereocenters. The van der Waals surface area contributed by atoms with Gasteiger partial charge >= 0.3 is 0 Å². The zero-order chi connectivity index (χ0) is 14.9. The molecular weight excluding hydrogens is 270 g/mol. The van der Waals surface area contributed by atoms with E-state index >= 15 is 0 Å². The predicted molar refractivity (Wildman–Crippen MR) is 87.7 cm³/mol. The minimum Gasteiger partial charge on any atom is -0.375 e. The number of likely N-dealkylation sites (tertiary alicyclic amines) is 1. The van der Waals surface area contributed by atoms with Gasteiger partial charge in [-0.3, -0.25) is 0 Å². The van der Waals surface area contributed by atoms with Gasteiger partial charge in [0.05, 0.1) is 0 Å². The fraction of sp³-hybridized carbons (Fsp3) is 0.684. The SMILES string of the molecule is N#CC1=C2C=C(N3CCCC3)CCC2CCC1=[N+]1CCCC1. The summed E-state index contributed by atoms with van der Waals surface area (Å²) in [6, 6.07) is 2.58. The Morgan fingerprint density at radius 3 is 2.50 bits per heavy atom. The van der Waals surface area contributed by atoms with E-state index in [9.17, 15) is 5.26 Å². The highest BCUT2D eigenvalue weighted by molar-refractivity contribution is 6.02. The first-order chi connectivity index (χ1) is 10.9. The number of allylic oxidation sites excluding steroid dienone is 4. The summed E-state index contributed by atoms with van der Waals surface area (Å²) in [5, 5.41) is 9.81. The number of rotatable bonds is 1. The van der Waals surface area contributed by atoms with Crippen molar-refractivity contribution in [2.24, 2.45) is 5.92 Å². The average molecular weight is 296 g/mol. The highest BCUT2D eigenvalue weighted by Crippen LogP contribution is 2.39. The van der Waals surface area contributed by atoms with Crippen LogP contribution in [0, 0.1) is 17.2 Å². The van der Waals surface area contributed by atoms with E-state index in [0.29, 0.717) is 5.92 Å².